The molecule has 2 amide bonds. The molecule has 2 rings (SSSR count). The van der Waals surface area contributed by atoms with E-state index in [4.69, 9.17) is 5.26 Å². The van der Waals surface area contributed by atoms with Crippen LogP contribution in [0.4, 0.5) is 4.79 Å². The van der Waals surface area contributed by atoms with Crippen molar-refractivity contribution in [3.8, 4) is 0 Å². The van der Waals surface area contributed by atoms with Crippen molar-refractivity contribution in [2.24, 2.45) is 0 Å². The van der Waals surface area contributed by atoms with Gasteiger partial charge in [-0.15, -0.1) is 4.31 Å². The van der Waals surface area contributed by atoms with E-state index in [1.807, 2.05) is 0 Å². The number of nitrogens with zero attached hydrogens (tertiary/aromatic N) is 1. The van der Waals surface area contributed by atoms with Gasteiger partial charge in [0.2, 0.25) is 0 Å². The van der Waals surface area contributed by atoms with Gasteiger partial charge in [0.05, 0.1) is 5.56 Å². The molecule has 0 aromatic heterocycles. The van der Waals surface area contributed by atoms with Crippen LogP contribution in [-0.4, -0.2) is 30.0 Å². The largest absolute Gasteiger partial charge is 0.462 e. The van der Waals surface area contributed by atoms with E-state index in [0.717, 1.165) is 0 Å². The van der Waals surface area contributed by atoms with Gasteiger partial charge in [0.1, 0.15) is 4.90 Å². The molecule has 0 saturated carbocycles. The second kappa shape index (κ2) is 3.29. The Labute approximate surface area is 89.8 Å². The summed E-state index contributed by atoms with van der Waals surface area (Å²) in [6.45, 7) is 0. The van der Waals surface area contributed by atoms with E-state index in [-0.39, 0.29) is 14.8 Å². The Kier molecular flexibility index (Phi) is 2.17. The lowest BCUT2D eigenvalue weighted by atomic mass is 10.2. The first-order valence-electron chi connectivity index (χ1n) is 4.04. The lowest BCUT2D eigenvalue weighted by Crippen LogP contribution is -2.36. The van der Waals surface area contributed by atoms with Crippen LogP contribution in [0.2, 0.25) is 0 Å². The highest BCUT2D eigenvalue weighted by Crippen LogP contribution is 2.30. The highest BCUT2D eigenvalue weighted by atomic mass is 32.2. The number of amides is 2. The van der Waals surface area contributed by atoms with Crippen molar-refractivity contribution in [2.75, 3.05) is 0 Å². The minimum Gasteiger partial charge on any atom is -0.277 e. The molecule has 0 aliphatic carbocycles. The molecule has 0 atom stereocenters. The Morgan fingerprint density at radius 2 is 1.94 bits per heavy atom. The summed E-state index contributed by atoms with van der Waals surface area (Å²) in [5.74, 6) is -1.05. The van der Waals surface area contributed by atoms with Gasteiger partial charge in [0.25, 0.3) is 15.9 Å². The Bertz CT molecular complexity index is 578. The monoisotopic (exact) mass is 243 g/mol. The smallest absolute Gasteiger partial charge is 0.277 e. The summed E-state index contributed by atoms with van der Waals surface area (Å²) in [5.41, 5.74) is -0.132. The lowest BCUT2D eigenvalue weighted by Gasteiger charge is -2.08. The fourth-order valence-corrected chi connectivity index (χ4v) is 2.83. The molecule has 0 saturated heterocycles. The molecule has 16 heavy (non-hydrogen) atoms. The van der Waals surface area contributed by atoms with Crippen molar-refractivity contribution < 1.29 is 28.2 Å². The Balaban J connectivity index is 2.67. The SMILES string of the molecule is O=C(OO)N1C(=O)c2ccccc2S1(=O)=O. The van der Waals surface area contributed by atoms with Crippen molar-refractivity contribution in [1.82, 2.24) is 4.31 Å². The minimum atomic E-state index is -4.26. The summed E-state index contributed by atoms with van der Waals surface area (Å²) in [4.78, 5) is 25.5. The van der Waals surface area contributed by atoms with Crippen molar-refractivity contribution in [3.05, 3.63) is 29.8 Å². The fraction of sp³-hybridized carbons (Fsp3) is 0. The van der Waals surface area contributed by atoms with Gasteiger partial charge >= 0.3 is 6.09 Å². The molecule has 1 N–H and O–H groups in total. The van der Waals surface area contributed by atoms with Crippen LogP contribution >= 0.6 is 0 Å². The number of rotatable bonds is 0. The molecule has 0 radical (unpaired) electrons. The normalized spacial score (nSPS) is 17.1. The second-order valence-electron chi connectivity index (χ2n) is 2.93. The number of fused-ring (bicyclic) bond motifs is 1. The van der Waals surface area contributed by atoms with Gasteiger partial charge in [-0.2, -0.15) is 5.26 Å². The molecule has 1 heterocycles. The number of carbonyl (C=O) groups excluding carboxylic acids is 2. The number of benzene rings is 1. The predicted molar refractivity (Wildman–Crippen MR) is 48.9 cm³/mol. The number of sulfonamides is 1. The van der Waals surface area contributed by atoms with E-state index in [9.17, 15) is 18.0 Å². The van der Waals surface area contributed by atoms with E-state index in [0.29, 0.717) is 0 Å². The zero-order chi connectivity index (χ0) is 11.9. The maximum Gasteiger partial charge on any atom is 0.462 e. The molecule has 0 spiro atoms. The van der Waals surface area contributed by atoms with Crippen molar-refractivity contribution in [3.63, 3.8) is 0 Å². The topological polar surface area (TPSA) is 101 Å². The maximum absolute atomic E-state index is 11.7. The molecule has 1 aromatic carbocycles. The number of imide groups is 1. The number of hydrogen-bond donors (Lipinski definition) is 1. The standard InChI is InChI=1S/C8H5NO6S/c10-7-5-3-1-2-4-6(5)16(13,14)9(7)8(11)15-12/h1-4,12H. The third-order valence-corrected chi connectivity index (χ3v) is 3.77. The van der Waals surface area contributed by atoms with Crippen LogP contribution in [0.5, 0.6) is 0 Å². The van der Waals surface area contributed by atoms with E-state index in [1.54, 1.807) is 0 Å². The Morgan fingerprint density at radius 1 is 1.31 bits per heavy atom. The van der Waals surface area contributed by atoms with Gasteiger partial charge in [-0.05, 0) is 12.1 Å². The second-order valence-corrected chi connectivity index (χ2v) is 4.68. The summed E-state index contributed by atoms with van der Waals surface area (Å²) in [5, 5.41) is 8.12. The highest BCUT2D eigenvalue weighted by Gasteiger charge is 2.46. The summed E-state index contributed by atoms with van der Waals surface area (Å²) in [7, 11) is -4.26. The van der Waals surface area contributed by atoms with Gasteiger partial charge in [0, 0.05) is 0 Å². The minimum absolute atomic E-state index is 0.127. The molecule has 1 aromatic rings. The van der Waals surface area contributed by atoms with Crippen molar-refractivity contribution in [2.45, 2.75) is 4.90 Å². The quantitative estimate of drug-likeness (QED) is 0.524. The Morgan fingerprint density at radius 3 is 2.50 bits per heavy atom. The van der Waals surface area contributed by atoms with Gasteiger partial charge < -0.3 is 0 Å². The first kappa shape index (κ1) is 10.6. The Hall–Kier alpha value is -1.93. The zero-order valence-electron chi connectivity index (χ0n) is 7.65. The molecule has 84 valence electrons. The van der Waals surface area contributed by atoms with Crippen LogP contribution in [0.25, 0.3) is 0 Å². The average molecular weight is 243 g/mol. The highest BCUT2D eigenvalue weighted by molar-refractivity contribution is 7.90. The molecule has 0 fully saturated rings. The molecule has 0 unspecified atom stereocenters. The zero-order valence-corrected chi connectivity index (χ0v) is 8.47. The van der Waals surface area contributed by atoms with Crippen LogP contribution in [0.15, 0.2) is 29.2 Å². The summed E-state index contributed by atoms with van der Waals surface area (Å²) in [6.07, 6.45) is -1.65. The number of hydrogen-bond acceptors (Lipinski definition) is 6. The predicted octanol–water partition coefficient (Wildman–Crippen LogP) is 0.441. The molecule has 8 heteroatoms. The van der Waals surface area contributed by atoms with Crippen LogP contribution in [-0.2, 0) is 14.9 Å². The van der Waals surface area contributed by atoms with E-state index >= 15 is 0 Å². The molecule has 1 aliphatic rings. The van der Waals surface area contributed by atoms with E-state index in [2.05, 4.69) is 4.89 Å². The van der Waals surface area contributed by atoms with Gasteiger partial charge in [-0.25, -0.2) is 13.2 Å². The van der Waals surface area contributed by atoms with E-state index in [1.165, 1.54) is 24.3 Å². The average Bonchev–Trinajstić information content (AvgIpc) is 2.47. The van der Waals surface area contributed by atoms with Crippen LogP contribution in [0.3, 0.4) is 0 Å². The number of carbonyl (C=O) groups is 2. The van der Waals surface area contributed by atoms with Gasteiger partial charge in [0.15, 0.2) is 0 Å². The summed E-state index contributed by atoms with van der Waals surface area (Å²) < 4.78 is 23.2. The molecule has 0 bridgehead atoms. The lowest BCUT2D eigenvalue weighted by molar-refractivity contribution is -0.181. The fourth-order valence-electron chi connectivity index (χ4n) is 1.40. The molecular weight excluding hydrogens is 238 g/mol. The van der Waals surface area contributed by atoms with Crippen LogP contribution < -0.4 is 0 Å². The van der Waals surface area contributed by atoms with Gasteiger partial charge in [-0.3, -0.25) is 9.68 Å². The maximum atomic E-state index is 11.7. The third-order valence-electron chi connectivity index (χ3n) is 2.06. The molecule has 7 nitrogen and oxygen atoms in total. The third kappa shape index (κ3) is 1.20. The van der Waals surface area contributed by atoms with Crippen molar-refractivity contribution in [1.29, 1.82) is 0 Å². The van der Waals surface area contributed by atoms with Crippen molar-refractivity contribution >= 4 is 22.0 Å². The van der Waals surface area contributed by atoms with Gasteiger partial charge in [-0.1, -0.05) is 12.1 Å². The molecular formula is C8H5NO6S. The molecule has 1 aliphatic heterocycles. The van der Waals surface area contributed by atoms with Crippen LogP contribution in [0, 0.1) is 0 Å². The summed E-state index contributed by atoms with van der Waals surface area (Å²) >= 11 is 0. The summed E-state index contributed by atoms with van der Waals surface area (Å²) in [6, 6.07) is 5.32. The first-order valence-corrected chi connectivity index (χ1v) is 5.48. The first-order chi connectivity index (χ1) is 7.50. The van der Waals surface area contributed by atoms with Crippen LogP contribution in [0.1, 0.15) is 10.4 Å². The van der Waals surface area contributed by atoms with E-state index < -0.39 is 22.0 Å².